The first-order valence-electron chi connectivity index (χ1n) is 11.3. The molecule has 1 saturated carbocycles. The molecule has 4 heterocycles. The molecule has 1 aliphatic carbocycles. The molecule has 8 heteroatoms. The summed E-state index contributed by atoms with van der Waals surface area (Å²) in [7, 11) is 0. The second-order valence-corrected chi connectivity index (χ2v) is 8.96. The molecular formula is C24H28N4O4. The van der Waals surface area contributed by atoms with E-state index in [1.165, 1.54) is 12.8 Å². The van der Waals surface area contributed by atoms with Crippen LogP contribution in [0.15, 0.2) is 51.7 Å². The van der Waals surface area contributed by atoms with Crippen molar-refractivity contribution in [2.75, 3.05) is 0 Å². The van der Waals surface area contributed by atoms with Gasteiger partial charge in [0.15, 0.2) is 5.76 Å². The molecule has 2 aliphatic rings. The molecule has 1 N–H and O–H groups in total. The molecule has 5 rings (SSSR count). The Hall–Kier alpha value is -3.29. The van der Waals surface area contributed by atoms with Gasteiger partial charge in [0, 0.05) is 12.1 Å². The van der Waals surface area contributed by atoms with E-state index in [0.29, 0.717) is 22.9 Å². The lowest BCUT2D eigenvalue weighted by Crippen LogP contribution is -2.64. The second kappa shape index (κ2) is 8.33. The smallest absolute Gasteiger partial charge is 0.273 e. The van der Waals surface area contributed by atoms with E-state index in [1.807, 2.05) is 13.0 Å². The molecule has 0 unspecified atom stereocenters. The summed E-state index contributed by atoms with van der Waals surface area (Å²) in [4.78, 5) is 28.9. The maximum atomic E-state index is 13.6. The van der Waals surface area contributed by atoms with Crippen molar-refractivity contribution in [2.45, 2.75) is 70.1 Å². The number of hydrogen-bond acceptors (Lipinski definition) is 5. The third-order valence-electron chi connectivity index (χ3n) is 6.64. The second-order valence-electron chi connectivity index (χ2n) is 8.96. The van der Waals surface area contributed by atoms with E-state index in [4.69, 9.17) is 8.83 Å². The first-order valence-corrected chi connectivity index (χ1v) is 11.3. The van der Waals surface area contributed by atoms with Gasteiger partial charge in [-0.15, -0.1) is 0 Å². The van der Waals surface area contributed by atoms with Crippen molar-refractivity contribution in [3.8, 4) is 11.5 Å². The minimum atomic E-state index is -1.10. The number of furan rings is 2. The van der Waals surface area contributed by atoms with E-state index in [2.05, 4.69) is 10.4 Å². The fourth-order valence-electron chi connectivity index (χ4n) is 4.76. The lowest BCUT2D eigenvalue weighted by Gasteiger charge is -2.43. The highest BCUT2D eigenvalue weighted by Gasteiger charge is 2.48. The van der Waals surface area contributed by atoms with Crippen LogP contribution in [0.25, 0.3) is 11.5 Å². The summed E-state index contributed by atoms with van der Waals surface area (Å²) in [6.45, 7) is 2.28. The van der Waals surface area contributed by atoms with E-state index in [0.717, 1.165) is 25.7 Å². The third-order valence-corrected chi connectivity index (χ3v) is 6.64. The van der Waals surface area contributed by atoms with Gasteiger partial charge < -0.3 is 19.1 Å². The van der Waals surface area contributed by atoms with E-state index in [1.54, 1.807) is 46.4 Å². The van der Waals surface area contributed by atoms with Crippen molar-refractivity contribution in [1.29, 1.82) is 0 Å². The van der Waals surface area contributed by atoms with Crippen LogP contribution in [0.5, 0.6) is 0 Å². The Bertz CT molecular complexity index is 1080. The van der Waals surface area contributed by atoms with Gasteiger partial charge in [0.1, 0.15) is 22.7 Å². The molecular weight excluding hydrogens is 408 g/mol. The largest absolute Gasteiger partial charge is 0.467 e. The molecule has 1 aliphatic heterocycles. The fourth-order valence-corrected chi connectivity index (χ4v) is 4.76. The number of carbonyl (C=O) groups excluding carboxylic acids is 2. The van der Waals surface area contributed by atoms with Crippen LogP contribution in [-0.4, -0.2) is 38.1 Å². The predicted molar refractivity (Wildman–Crippen MR) is 117 cm³/mol. The van der Waals surface area contributed by atoms with Gasteiger partial charge in [-0.25, -0.2) is 0 Å². The lowest BCUT2D eigenvalue weighted by molar-refractivity contribution is -0.134. The Morgan fingerprint density at radius 3 is 2.59 bits per heavy atom. The minimum absolute atomic E-state index is 0.139. The molecule has 32 heavy (non-hydrogen) atoms. The molecule has 2 amide bonds. The summed E-state index contributed by atoms with van der Waals surface area (Å²) in [5, 5.41) is 7.83. The molecule has 8 nitrogen and oxygen atoms in total. The van der Waals surface area contributed by atoms with Crippen molar-refractivity contribution in [3.63, 3.8) is 0 Å². The van der Waals surface area contributed by atoms with Crippen molar-refractivity contribution in [1.82, 2.24) is 20.0 Å². The number of amides is 2. The number of carbonyl (C=O) groups is 2. The van der Waals surface area contributed by atoms with E-state index in [9.17, 15) is 9.59 Å². The van der Waals surface area contributed by atoms with Crippen LogP contribution < -0.4 is 5.32 Å². The zero-order chi connectivity index (χ0) is 22.1. The van der Waals surface area contributed by atoms with Crippen molar-refractivity contribution in [2.24, 2.45) is 0 Å². The minimum Gasteiger partial charge on any atom is -0.467 e. The van der Waals surface area contributed by atoms with Crippen molar-refractivity contribution < 1.29 is 18.4 Å². The molecule has 0 saturated heterocycles. The molecule has 1 fully saturated rings. The van der Waals surface area contributed by atoms with Crippen LogP contribution >= 0.6 is 0 Å². The average molecular weight is 437 g/mol. The van der Waals surface area contributed by atoms with Crippen molar-refractivity contribution >= 4 is 11.8 Å². The normalized spacial score (nSPS) is 21.9. The van der Waals surface area contributed by atoms with Crippen LogP contribution in [0.3, 0.4) is 0 Å². The summed E-state index contributed by atoms with van der Waals surface area (Å²) in [5.74, 6) is 0.814. The number of aromatic nitrogens is 2. The third kappa shape index (κ3) is 3.74. The standard InChI is InChI=1S/C24H28N4O4/c1-24(23(30)25-17-8-4-2-3-5-9-17)16-28-20(14-19(26-28)21-11-7-13-32-21)22(29)27(24)15-18-10-6-12-31-18/h6-7,10-14,17H,2-5,8-9,15-16H2,1H3,(H,25,30)/t24-/m0/s1. The number of rotatable bonds is 5. The molecule has 0 spiro atoms. The van der Waals surface area contributed by atoms with Gasteiger partial charge >= 0.3 is 0 Å². The summed E-state index contributed by atoms with van der Waals surface area (Å²) in [6.07, 6.45) is 9.75. The van der Waals surface area contributed by atoms with Crippen LogP contribution in [0.2, 0.25) is 0 Å². The fraction of sp³-hybridized carbons (Fsp3) is 0.458. The quantitative estimate of drug-likeness (QED) is 0.611. The van der Waals surface area contributed by atoms with Crippen molar-refractivity contribution in [3.05, 3.63) is 54.3 Å². The van der Waals surface area contributed by atoms with Gasteiger partial charge in [-0.3, -0.25) is 14.3 Å². The Morgan fingerprint density at radius 1 is 1.16 bits per heavy atom. The van der Waals surface area contributed by atoms with Gasteiger partial charge in [-0.1, -0.05) is 25.7 Å². The molecule has 3 aromatic rings. The first-order chi connectivity index (χ1) is 15.5. The number of nitrogens with one attached hydrogen (secondary N) is 1. The van der Waals surface area contributed by atoms with Gasteiger partial charge in [0.25, 0.3) is 5.91 Å². The number of nitrogens with zero attached hydrogens (tertiary/aromatic N) is 3. The highest BCUT2D eigenvalue weighted by molar-refractivity contribution is 6.00. The zero-order valence-corrected chi connectivity index (χ0v) is 18.3. The monoisotopic (exact) mass is 436 g/mol. The van der Waals surface area contributed by atoms with Gasteiger partial charge in [0.2, 0.25) is 5.91 Å². The lowest BCUT2D eigenvalue weighted by atomic mass is 9.93. The highest BCUT2D eigenvalue weighted by Crippen LogP contribution is 2.32. The van der Waals surface area contributed by atoms with Gasteiger partial charge in [0.05, 0.1) is 25.6 Å². The molecule has 0 aromatic carbocycles. The Labute approximate surface area is 186 Å². The average Bonchev–Trinajstić information content (AvgIpc) is 3.52. The summed E-state index contributed by atoms with van der Waals surface area (Å²) in [6, 6.07) is 9.04. The SMILES string of the molecule is C[C@@]1(C(=O)NC2CCCCCC2)Cn2nc(-c3ccco3)cc2C(=O)N1Cc1ccco1. The summed E-state index contributed by atoms with van der Waals surface area (Å²) >= 11 is 0. The predicted octanol–water partition coefficient (Wildman–Crippen LogP) is 3.99. The Morgan fingerprint density at radius 2 is 1.91 bits per heavy atom. The molecule has 3 aromatic heterocycles. The molecule has 0 bridgehead atoms. The maximum absolute atomic E-state index is 13.6. The molecule has 168 valence electrons. The maximum Gasteiger partial charge on any atom is 0.273 e. The topological polar surface area (TPSA) is 93.5 Å². The number of fused-ring (bicyclic) bond motifs is 1. The van der Waals surface area contributed by atoms with E-state index < -0.39 is 5.54 Å². The number of hydrogen-bond donors (Lipinski definition) is 1. The highest BCUT2D eigenvalue weighted by atomic mass is 16.3. The zero-order valence-electron chi connectivity index (χ0n) is 18.3. The summed E-state index contributed by atoms with van der Waals surface area (Å²) in [5.41, 5.74) is -0.0947. The van der Waals surface area contributed by atoms with Gasteiger partial charge in [-0.2, -0.15) is 5.10 Å². The van der Waals surface area contributed by atoms with Gasteiger partial charge in [-0.05, 0) is 44.0 Å². The first kappa shape index (κ1) is 20.6. The van der Waals surface area contributed by atoms with E-state index >= 15 is 0 Å². The van der Waals surface area contributed by atoms with Crippen LogP contribution in [0, 0.1) is 0 Å². The van der Waals surface area contributed by atoms with E-state index in [-0.39, 0.29) is 30.9 Å². The van der Waals surface area contributed by atoms with Crippen LogP contribution in [0.4, 0.5) is 0 Å². The Balaban J connectivity index is 1.48. The Kier molecular flexibility index (Phi) is 5.36. The van der Waals surface area contributed by atoms with Crippen LogP contribution in [-0.2, 0) is 17.9 Å². The summed E-state index contributed by atoms with van der Waals surface area (Å²) < 4.78 is 12.6. The molecule has 0 radical (unpaired) electrons. The molecule has 1 atom stereocenters. The van der Waals surface area contributed by atoms with Crippen LogP contribution in [0.1, 0.15) is 61.7 Å².